The Morgan fingerprint density at radius 2 is 2.11 bits per heavy atom. The lowest BCUT2D eigenvalue weighted by molar-refractivity contribution is -0.122. The first-order chi connectivity index (χ1) is 8.45. The fourth-order valence-electron chi connectivity index (χ4n) is 1.36. The molecule has 1 rings (SSSR count). The number of carbonyl (C=O) groups is 2. The second-order valence-electron chi connectivity index (χ2n) is 3.75. The van der Waals surface area contributed by atoms with E-state index >= 15 is 0 Å². The Hall–Kier alpha value is -1.01. The molecule has 0 saturated heterocycles. The molecule has 0 aromatic heterocycles. The van der Waals surface area contributed by atoms with E-state index in [1.807, 2.05) is 6.92 Å². The van der Waals surface area contributed by atoms with E-state index in [4.69, 9.17) is 0 Å². The van der Waals surface area contributed by atoms with Crippen molar-refractivity contribution in [2.24, 2.45) is 0 Å². The first-order valence-corrected chi connectivity index (χ1v) is 6.76. The predicted octanol–water partition coefficient (Wildman–Crippen LogP) is 1.99. The highest BCUT2D eigenvalue weighted by Gasteiger charge is 2.17. The van der Waals surface area contributed by atoms with E-state index in [0.717, 1.165) is 4.47 Å². The molecular formula is C12H15BrN2O2S. The molecule has 0 aliphatic rings. The largest absolute Gasteiger partial charge is 0.355 e. The van der Waals surface area contributed by atoms with Crippen LogP contribution in [0.5, 0.6) is 0 Å². The molecule has 0 aliphatic carbocycles. The van der Waals surface area contributed by atoms with E-state index < -0.39 is 6.04 Å². The number of carbonyl (C=O) groups excluding carboxylic acids is 2. The van der Waals surface area contributed by atoms with Gasteiger partial charge in [-0.3, -0.25) is 9.59 Å². The third-order valence-electron chi connectivity index (χ3n) is 2.30. The maximum absolute atomic E-state index is 11.9. The van der Waals surface area contributed by atoms with Gasteiger partial charge < -0.3 is 10.6 Å². The summed E-state index contributed by atoms with van der Waals surface area (Å²) in [7, 11) is 0. The molecule has 1 atom stereocenters. The SMILES string of the molecule is CCNC(=O)C(C)NC(=O)c1ccc(Br)cc1S. The normalized spacial score (nSPS) is 11.8. The lowest BCUT2D eigenvalue weighted by Crippen LogP contribution is -2.44. The monoisotopic (exact) mass is 330 g/mol. The molecule has 0 heterocycles. The van der Waals surface area contributed by atoms with Gasteiger partial charge in [-0.2, -0.15) is 0 Å². The molecule has 18 heavy (non-hydrogen) atoms. The fourth-order valence-corrected chi connectivity index (χ4v) is 2.22. The highest BCUT2D eigenvalue weighted by molar-refractivity contribution is 9.10. The minimum absolute atomic E-state index is 0.205. The molecule has 0 saturated carbocycles. The quantitative estimate of drug-likeness (QED) is 0.739. The van der Waals surface area contributed by atoms with Crippen LogP contribution in [0, 0.1) is 0 Å². The third-order valence-corrected chi connectivity index (χ3v) is 3.16. The van der Waals surface area contributed by atoms with Crippen LogP contribution in [0.15, 0.2) is 27.6 Å². The molecule has 2 N–H and O–H groups in total. The number of halogens is 1. The Kier molecular flexibility index (Phi) is 5.68. The number of hydrogen-bond donors (Lipinski definition) is 3. The number of amides is 2. The summed E-state index contributed by atoms with van der Waals surface area (Å²) in [6.45, 7) is 4.00. The summed E-state index contributed by atoms with van der Waals surface area (Å²) >= 11 is 7.53. The Morgan fingerprint density at radius 3 is 2.67 bits per heavy atom. The highest BCUT2D eigenvalue weighted by Crippen LogP contribution is 2.19. The number of benzene rings is 1. The van der Waals surface area contributed by atoms with E-state index in [-0.39, 0.29) is 11.8 Å². The van der Waals surface area contributed by atoms with E-state index in [1.165, 1.54) is 0 Å². The van der Waals surface area contributed by atoms with Crippen LogP contribution in [-0.2, 0) is 4.79 Å². The van der Waals surface area contributed by atoms with Crippen molar-refractivity contribution in [3.05, 3.63) is 28.2 Å². The molecule has 0 spiro atoms. The number of rotatable bonds is 4. The van der Waals surface area contributed by atoms with Gasteiger partial charge in [0, 0.05) is 15.9 Å². The van der Waals surface area contributed by atoms with Crippen molar-refractivity contribution in [2.45, 2.75) is 24.8 Å². The summed E-state index contributed by atoms with van der Waals surface area (Å²) < 4.78 is 0.848. The van der Waals surface area contributed by atoms with Crippen molar-refractivity contribution >= 4 is 40.4 Å². The van der Waals surface area contributed by atoms with Crippen LogP contribution in [0.2, 0.25) is 0 Å². The molecule has 1 unspecified atom stereocenters. The van der Waals surface area contributed by atoms with Crippen molar-refractivity contribution in [3.63, 3.8) is 0 Å². The second-order valence-corrected chi connectivity index (χ2v) is 5.15. The average molecular weight is 331 g/mol. The van der Waals surface area contributed by atoms with Gasteiger partial charge in [0.25, 0.3) is 5.91 Å². The summed E-state index contributed by atoms with van der Waals surface area (Å²) in [5, 5.41) is 5.27. The number of nitrogens with one attached hydrogen (secondary N) is 2. The Morgan fingerprint density at radius 1 is 1.44 bits per heavy atom. The Labute approximate surface area is 120 Å². The van der Waals surface area contributed by atoms with Crippen LogP contribution in [0.1, 0.15) is 24.2 Å². The lowest BCUT2D eigenvalue weighted by Gasteiger charge is -2.14. The van der Waals surface area contributed by atoms with Gasteiger partial charge in [-0.1, -0.05) is 15.9 Å². The molecule has 4 nitrogen and oxygen atoms in total. The maximum Gasteiger partial charge on any atom is 0.253 e. The zero-order valence-electron chi connectivity index (χ0n) is 10.2. The van der Waals surface area contributed by atoms with Crippen LogP contribution >= 0.6 is 28.6 Å². The Balaban J connectivity index is 2.73. The maximum atomic E-state index is 11.9. The third kappa shape index (κ3) is 4.03. The minimum Gasteiger partial charge on any atom is -0.355 e. The van der Waals surface area contributed by atoms with Gasteiger partial charge in [-0.05, 0) is 32.0 Å². The molecule has 1 aromatic carbocycles. The van der Waals surface area contributed by atoms with Gasteiger partial charge in [0.05, 0.1) is 5.56 Å². The van der Waals surface area contributed by atoms with Gasteiger partial charge in [0.15, 0.2) is 0 Å². The molecule has 1 aromatic rings. The van der Waals surface area contributed by atoms with Gasteiger partial charge in [0.2, 0.25) is 5.91 Å². The highest BCUT2D eigenvalue weighted by atomic mass is 79.9. The van der Waals surface area contributed by atoms with E-state index in [0.29, 0.717) is 17.0 Å². The molecule has 0 bridgehead atoms. The molecule has 0 aliphatic heterocycles. The first-order valence-electron chi connectivity index (χ1n) is 5.52. The van der Waals surface area contributed by atoms with Crippen LogP contribution in [0.3, 0.4) is 0 Å². The number of hydrogen-bond acceptors (Lipinski definition) is 3. The zero-order chi connectivity index (χ0) is 13.7. The van der Waals surface area contributed by atoms with Crippen molar-refractivity contribution in [1.82, 2.24) is 10.6 Å². The van der Waals surface area contributed by atoms with Gasteiger partial charge in [-0.25, -0.2) is 0 Å². The van der Waals surface area contributed by atoms with E-state index in [9.17, 15) is 9.59 Å². The van der Waals surface area contributed by atoms with Crippen molar-refractivity contribution in [3.8, 4) is 0 Å². The van der Waals surface area contributed by atoms with Crippen molar-refractivity contribution in [2.75, 3.05) is 6.54 Å². The van der Waals surface area contributed by atoms with Gasteiger partial charge in [-0.15, -0.1) is 12.6 Å². The zero-order valence-corrected chi connectivity index (χ0v) is 12.6. The van der Waals surface area contributed by atoms with Gasteiger partial charge >= 0.3 is 0 Å². The average Bonchev–Trinajstić information content (AvgIpc) is 2.28. The van der Waals surface area contributed by atoms with Crippen LogP contribution in [0.25, 0.3) is 0 Å². The summed E-state index contributed by atoms with van der Waals surface area (Å²) in [5.41, 5.74) is 0.442. The summed E-state index contributed by atoms with van der Waals surface area (Å²) in [4.78, 5) is 24.0. The molecule has 0 fully saturated rings. The Bertz CT molecular complexity index is 465. The number of thiol groups is 1. The molecule has 98 valence electrons. The summed E-state index contributed by atoms with van der Waals surface area (Å²) in [6.07, 6.45) is 0. The predicted molar refractivity (Wildman–Crippen MR) is 77.0 cm³/mol. The summed E-state index contributed by atoms with van der Waals surface area (Å²) in [5.74, 6) is -0.519. The fraction of sp³-hybridized carbons (Fsp3) is 0.333. The van der Waals surface area contributed by atoms with Crippen LogP contribution in [0.4, 0.5) is 0 Å². The molecular weight excluding hydrogens is 316 g/mol. The second kappa shape index (κ2) is 6.80. The lowest BCUT2D eigenvalue weighted by atomic mass is 10.2. The van der Waals surface area contributed by atoms with E-state index in [1.54, 1.807) is 25.1 Å². The molecule has 0 radical (unpaired) electrons. The van der Waals surface area contributed by atoms with Crippen LogP contribution in [-0.4, -0.2) is 24.4 Å². The molecule has 2 amide bonds. The number of likely N-dealkylation sites (N-methyl/N-ethyl adjacent to an activating group) is 1. The van der Waals surface area contributed by atoms with Crippen molar-refractivity contribution in [1.29, 1.82) is 0 Å². The van der Waals surface area contributed by atoms with Gasteiger partial charge in [0.1, 0.15) is 6.04 Å². The van der Waals surface area contributed by atoms with Crippen molar-refractivity contribution < 1.29 is 9.59 Å². The minimum atomic E-state index is -0.575. The summed E-state index contributed by atoms with van der Waals surface area (Å²) in [6, 6.07) is 4.57. The van der Waals surface area contributed by atoms with E-state index in [2.05, 4.69) is 39.2 Å². The topological polar surface area (TPSA) is 58.2 Å². The standard InChI is InChI=1S/C12H15BrN2O2S/c1-3-14-11(16)7(2)15-12(17)9-5-4-8(13)6-10(9)18/h4-7,18H,3H2,1-2H3,(H,14,16)(H,15,17). The smallest absolute Gasteiger partial charge is 0.253 e. The molecule has 6 heteroatoms. The first kappa shape index (κ1) is 15.0. The van der Waals surface area contributed by atoms with Crippen LogP contribution < -0.4 is 10.6 Å².